The molecule has 0 bridgehead atoms. The molecule has 0 saturated heterocycles. The van der Waals surface area contributed by atoms with E-state index in [1.54, 1.807) is 31.5 Å². The topological polar surface area (TPSA) is 33.1 Å². The standard InChI is InChI=1S/C13H12FNOS/c1-9(16)11-3-2-4-12(14)13(11)17-10-5-7-15-8-6-10/h2-9,16H,1H3/t9-/m1/s1. The van der Waals surface area contributed by atoms with Gasteiger partial charge >= 0.3 is 0 Å². The van der Waals surface area contributed by atoms with Crippen molar-refractivity contribution in [1.29, 1.82) is 0 Å². The molecule has 1 aromatic heterocycles. The molecule has 2 rings (SSSR count). The van der Waals surface area contributed by atoms with Crippen molar-refractivity contribution in [3.05, 3.63) is 54.1 Å². The highest BCUT2D eigenvalue weighted by molar-refractivity contribution is 7.99. The lowest BCUT2D eigenvalue weighted by molar-refractivity contribution is 0.195. The summed E-state index contributed by atoms with van der Waals surface area (Å²) in [7, 11) is 0. The summed E-state index contributed by atoms with van der Waals surface area (Å²) in [6.45, 7) is 1.63. The highest BCUT2D eigenvalue weighted by atomic mass is 32.2. The van der Waals surface area contributed by atoms with Gasteiger partial charge < -0.3 is 5.11 Å². The molecular formula is C13H12FNOS. The first-order chi connectivity index (χ1) is 8.18. The number of benzene rings is 1. The number of rotatable bonds is 3. The van der Waals surface area contributed by atoms with Gasteiger partial charge in [0.05, 0.1) is 11.0 Å². The van der Waals surface area contributed by atoms with Crippen LogP contribution in [0, 0.1) is 5.82 Å². The van der Waals surface area contributed by atoms with Crippen molar-refractivity contribution in [1.82, 2.24) is 4.98 Å². The lowest BCUT2D eigenvalue weighted by atomic mass is 10.1. The smallest absolute Gasteiger partial charge is 0.137 e. The van der Waals surface area contributed by atoms with Gasteiger partial charge in [0.1, 0.15) is 5.82 Å². The quantitative estimate of drug-likeness (QED) is 0.904. The monoisotopic (exact) mass is 249 g/mol. The van der Waals surface area contributed by atoms with Crippen molar-refractivity contribution in [3.8, 4) is 0 Å². The van der Waals surface area contributed by atoms with Crippen LogP contribution in [-0.4, -0.2) is 10.1 Å². The molecule has 17 heavy (non-hydrogen) atoms. The van der Waals surface area contributed by atoms with E-state index in [0.717, 1.165) is 4.90 Å². The molecule has 0 saturated carbocycles. The van der Waals surface area contributed by atoms with Crippen LogP contribution < -0.4 is 0 Å². The second-order valence-electron chi connectivity index (χ2n) is 3.62. The molecule has 0 aliphatic heterocycles. The molecule has 1 aromatic carbocycles. The fourth-order valence-electron chi connectivity index (χ4n) is 1.49. The zero-order valence-electron chi connectivity index (χ0n) is 9.30. The van der Waals surface area contributed by atoms with Gasteiger partial charge in [-0.2, -0.15) is 0 Å². The van der Waals surface area contributed by atoms with Crippen LogP contribution in [0.1, 0.15) is 18.6 Å². The summed E-state index contributed by atoms with van der Waals surface area (Å²) in [5.41, 5.74) is 0.604. The number of halogens is 1. The molecule has 0 unspecified atom stereocenters. The van der Waals surface area contributed by atoms with Crippen molar-refractivity contribution in [3.63, 3.8) is 0 Å². The Labute approximate surface area is 104 Å². The largest absolute Gasteiger partial charge is 0.389 e. The number of nitrogens with zero attached hydrogens (tertiary/aromatic N) is 1. The summed E-state index contributed by atoms with van der Waals surface area (Å²) in [5.74, 6) is -0.315. The van der Waals surface area contributed by atoms with Crippen molar-refractivity contribution in [2.24, 2.45) is 0 Å². The van der Waals surface area contributed by atoms with E-state index in [9.17, 15) is 9.50 Å². The SMILES string of the molecule is C[C@@H](O)c1cccc(F)c1Sc1ccncc1. The van der Waals surface area contributed by atoms with Crippen molar-refractivity contribution < 1.29 is 9.50 Å². The van der Waals surface area contributed by atoms with E-state index in [4.69, 9.17) is 0 Å². The molecule has 0 aliphatic carbocycles. The normalized spacial score (nSPS) is 12.4. The Balaban J connectivity index is 2.38. The van der Waals surface area contributed by atoms with Crippen LogP contribution in [0.15, 0.2) is 52.5 Å². The summed E-state index contributed by atoms with van der Waals surface area (Å²) >= 11 is 1.29. The first-order valence-corrected chi connectivity index (χ1v) is 6.04. The average Bonchev–Trinajstić information content (AvgIpc) is 2.33. The van der Waals surface area contributed by atoms with E-state index in [-0.39, 0.29) is 5.82 Å². The summed E-state index contributed by atoms with van der Waals surface area (Å²) in [6.07, 6.45) is 2.63. The van der Waals surface area contributed by atoms with E-state index < -0.39 is 6.10 Å². The van der Waals surface area contributed by atoms with Crippen LogP contribution in [0.4, 0.5) is 4.39 Å². The lowest BCUT2D eigenvalue weighted by Gasteiger charge is -2.12. The first kappa shape index (κ1) is 12.1. The summed E-state index contributed by atoms with van der Waals surface area (Å²) < 4.78 is 13.7. The highest BCUT2D eigenvalue weighted by Gasteiger charge is 2.13. The van der Waals surface area contributed by atoms with Crippen LogP contribution >= 0.6 is 11.8 Å². The van der Waals surface area contributed by atoms with E-state index in [1.807, 2.05) is 12.1 Å². The van der Waals surface area contributed by atoms with E-state index in [1.165, 1.54) is 17.8 Å². The zero-order valence-corrected chi connectivity index (χ0v) is 10.1. The van der Waals surface area contributed by atoms with Gasteiger partial charge in [-0.1, -0.05) is 23.9 Å². The Kier molecular flexibility index (Phi) is 3.76. The number of hydrogen-bond acceptors (Lipinski definition) is 3. The molecule has 2 aromatic rings. The third kappa shape index (κ3) is 2.84. The van der Waals surface area contributed by atoms with Crippen molar-refractivity contribution >= 4 is 11.8 Å². The number of pyridine rings is 1. The predicted molar refractivity (Wildman–Crippen MR) is 65.4 cm³/mol. The van der Waals surface area contributed by atoms with Gasteiger partial charge in [0.15, 0.2) is 0 Å². The van der Waals surface area contributed by atoms with Gasteiger partial charge in [-0.05, 0) is 30.7 Å². The third-order valence-electron chi connectivity index (χ3n) is 2.32. The first-order valence-electron chi connectivity index (χ1n) is 5.23. The van der Waals surface area contributed by atoms with Crippen molar-refractivity contribution in [2.75, 3.05) is 0 Å². The van der Waals surface area contributed by atoms with Gasteiger partial charge in [0.2, 0.25) is 0 Å². The zero-order chi connectivity index (χ0) is 12.3. The summed E-state index contributed by atoms with van der Waals surface area (Å²) in [6, 6.07) is 8.35. The molecule has 0 aliphatic rings. The maximum atomic E-state index is 13.7. The molecule has 1 heterocycles. The highest BCUT2D eigenvalue weighted by Crippen LogP contribution is 2.34. The minimum absolute atomic E-state index is 0.315. The van der Waals surface area contributed by atoms with E-state index >= 15 is 0 Å². The molecule has 0 amide bonds. The molecule has 1 N–H and O–H groups in total. The second kappa shape index (κ2) is 5.29. The number of aromatic nitrogens is 1. The summed E-state index contributed by atoms with van der Waals surface area (Å²) in [4.78, 5) is 5.27. The molecule has 0 radical (unpaired) electrons. The molecule has 0 fully saturated rings. The Bertz CT molecular complexity index is 502. The lowest BCUT2D eigenvalue weighted by Crippen LogP contribution is -1.96. The van der Waals surface area contributed by atoms with Gasteiger partial charge in [-0.25, -0.2) is 4.39 Å². The van der Waals surface area contributed by atoms with Crippen LogP contribution in [-0.2, 0) is 0 Å². The predicted octanol–water partition coefficient (Wildman–Crippen LogP) is 3.43. The maximum absolute atomic E-state index is 13.7. The molecule has 1 atom stereocenters. The van der Waals surface area contributed by atoms with Gasteiger partial charge in [-0.15, -0.1) is 0 Å². The fourth-order valence-corrected chi connectivity index (χ4v) is 2.50. The van der Waals surface area contributed by atoms with Crippen LogP contribution in [0.5, 0.6) is 0 Å². The van der Waals surface area contributed by atoms with Crippen LogP contribution in [0.2, 0.25) is 0 Å². The van der Waals surface area contributed by atoms with Gasteiger partial charge in [0.25, 0.3) is 0 Å². The van der Waals surface area contributed by atoms with Gasteiger partial charge in [0, 0.05) is 17.3 Å². The Hall–Kier alpha value is -1.39. The minimum atomic E-state index is -0.685. The minimum Gasteiger partial charge on any atom is -0.389 e. The fraction of sp³-hybridized carbons (Fsp3) is 0.154. The molecule has 0 spiro atoms. The molecule has 4 heteroatoms. The van der Waals surface area contributed by atoms with Crippen LogP contribution in [0.3, 0.4) is 0 Å². The third-order valence-corrected chi connectivity index (χ3v) is 3.46. The molecule has 2 nitrogen and oxygen atoms in total. The van der Waals surface area contributed by atoms with Gasteiger partial charge in [-0.3, -0.25) is 4.98 Å². The molecule has 88 valence electrons. The van der Waals surface area contributed by atoms with E-state index in [2.05, 4.69) is 4.98 Å². The second-order valence-corrected chi connectivity index (χ2v) is 4.70. The number of aliphatic hydroxyl groups excluding tert-OH is 1. The maximum Gasteiger partial charge on any atom is 0.137 e. The average molecular weight is 249 g/mol. The Morgan fingerprint density at radius 2 is 1.94 bits per heavy atom. The Morgan fingerprint density at radius 3 is 2.59 bits per heavy atom. The Morgan fingerprint density at radius 1 is 1.24 bits per heavy atom. The summed E-state index contributed by atoms with van der Waals surface area (Å²) in [5, 5.41) is 9.61. The molecular weight excluding hydrogens is 237 g/mol. The number of aliphatic hydroxyl groups is 1. The van der Waals surface area contributed by atoms with Crippen molar-refractivity contribution in [2.45, 2.75) is 22.8 Å². The van der Waals surface area contributed by atoms with E-state index in [0.29, 0.717) is 10.5 Å². The number of hydrogen-bond donors (Lipinski definition) is 1. The van der Waals surface area contributed by atoms with Crippen LogP contribution in [0.25, 0.3) is 0 Å².